The van der Waals surface area contributed by atoms with Crippen LogP contribution in [0.2, 0.25) is 0 Å². The first-order valence-electron chi connectivity index (χ1n) is 19.0. The van der Waals surface area contributed by atoms with Gasteiger partial charge in [0, 0.05) is 22.1 Å². The minimum Gasteiger partial charge on any atom is -0.227 e. The first-order valence-corrected chi connectivity index (χ1v) is 19.0. The summed E-state index contributed by atoms with van der Waals surface area (Å²) < 4.78 is 0. The second-order valence-corrected chi connectivity index (χ2v) is 14.4. The predicted octanol–water partition coefficient (Wildman–Crippen LogP) is 13.6. The zero-order valence-corrected chi connectivity index (χ0v) is 30.2. The highest BCUT2D eigenvalue weighted by molar-refractivity contribution is 6.06. The average molecular weight is 683 g/mol. The summed E-state index contributed by atoms with van der Waals surface area (Å²) in [6.45, 7) is 2.22. The van der Waals surface area contributed by atoms with Crippen molar-refractivity contribution in [3.63, 3.8) is 0 Å². The Morgan fingerprint density at radius 1 is 0.396 bits per heavy atom. The molecule has 1 aromatic heterocycles. The molecule has 8 aromatic rings. The lowest BCUT2D eigenvalue weighted by Gasteiger charge is -2.19. The van der Waals surface area contributed by atoms with Crippen molar-refractivity contribution in [2.45, 2.75) is 45.4 Å². The van der Waals surface area contributed by atoms with Crippen LogP contribution in [-0.4, -0.2) is 9.97 Å². The highest BCUT2D eigenvalue weighted by Gasteiger charge is 2.21. The molecular formula is C51H42N2. The summed E-state index contributed by atoms with van der Waals surface area (Å²) in [6, 6.07) is 59.7. The van der Waals surface area contributed by atoms with Crippen LogP contribution in [0.3, 0.4) is 0 Å². The molecule has 7 aromatic carbocycles. The zero-order valence-electron chi connectivity index (χ0n) is 30.2. The predicted molar refractivity (Wildman–Crippen MR) is 223 cm³/mol. The molecule has 8 bridgehead atoms. The standard InChI is InChI=1S/C51H42N2/c1-35-16-12-29-45-42-27-14-20-37(31-42)18-7-3-2-6-17-36-19-13-25-40(30-36)41-26-15-28-43(32-41)51-52-49-46(39-23-10-5-11-24-39)33-44(38-21-8-4-9-22-38)34-47(49)50(53-51)48(35)45/h4-5,8-16,19-34H,2-3,6-7,17-18H2,1H3. The van der Waals surface area contributed by atoms with Gasteiger partial charge in [0.2, 0.25) is 0 Å². The van der Waals surface area contributed by atoms with Gasteiger partial charge in [0.15, 0.2) is 5.82 Å². The van der Waals surface area contributed by atoms with E-state index in [0.717, 1.165) is 63.1 Å². The number of hydrogen-bond acceptors (Lipinski definition) is 2. The van der Waals surface area contributed by atoms with Crippen molar-refractivity contribution in [2.75, 3.05) is 0 Å². The van der Waals surface area contributed by atoms with Gasteiger partial charge in [-0.2, -0.15) is 0 Å². The smallest absolute Gasteiger partial charge is 0.160 e. The van der Waals surface area contributed by atoms with E-state index < -0.39 is 0 Å². The lowest BCUT2D eigenvalue weighted by molar-refractivity contribution is 0.640. The van der Waals surface area contributed by atoms with E-state index in [0.29, 0.717) is 0 Å². The Morgan fingerprint density at radius 2 is 0.981 bits per heavy atom. The Kier molecular flexibility index (Phi) is 8.95. The molecule has 256 valence electrons. The van der Waals surface area contributed by atoms with Crippen molar-refractivity contribution >= 4 is 10.9 Å². The van der Waals surface area contributed by atoms with E-state index >= 15 is 0 Å². The maximum absolute atomic E-state index is 5.60. The first kappa shape index (κ1) is 32.8. The van der Waals surface area contributed by atoms with E-state index in [4.69, 9.17) is 9.97 Å². The van der Waals surface area contributed by atoms with Crippen molar-refractivity contribution in [3.8, 4) is 67.2 Å². The second-order valence-electron chi connectivity index (χ2n) is 14.4. The van der Waals surface area contributed by atoms with Crippen LogP contribution in [0.15, 0.2) is 164 Å². The molecule has 2 nitrogen and oxygen atoms in total. The molecule has 0 radical (unpaired) electrons. The topological polar surface area (TPSA) is 25.8 Å². The molecule has 2 heteroatoms. The van der Waals surface area contributed by atoms with Gasteiger partial charge in [-0.1, -0.05) is 158 Å². The molecule has 0 unspecified atom stereocenters. The fourth-order valence-corrected chi connectivity index (χ4v) is 8.06. The molecule has 1 aliphatic heterocycles. The summed E-state index contributed by atoms with van der Waals surface area (Å²) in [7, 11) is 0. The number of nitrogens with zero attached hydrogens (tertiary/aromatic N) is 2. The first-order chi connectivity index (χ1) is 26.2. The third-order valence-corrected chi connectivity index (χ3v) is 10.8. The molecule has 0 amide bonds. The molecule has 1 aliphatic rings. The van der Waals surface area contributed by atoms with Gasteiger partial charge >= 0.3 is 0 Å². The van der Waals surface area contributed by atoms with Gasteiger partial charge in [0.05, 0.1) is 11.2 Å². The lowest BCUT2D eigenvalue weighted by Crippen LogP contribution is -2.00. The summed E-state index contributed by atoms with van der Waals surface area (Å²) in [6.07, 6.45) is 7.08. The summed E-state index contributed by atoms with van der Waals surface area (Å²) >= 11 is 0. The summed E-state index contributed by atoms with van der Waals surface area (Å²) in [5.41, 5.74) is 17.4. The lowest BCUT2D eigenvalue weighted by atomic mass is 9.88. The van der Waals surface area contributed by atoms with E-state index in [1.54, 1.807) is 0 Å². The van der Waals surface area contributed by atoms with Gasteiger partial charge in [-0.25, -0.2) is 9.97 Å². The molecule has 0 fully saturated rings. The van der Waals surface area contributed by atoms with Gasteiger partial charge < -0.3 is 0 Å². The molecule has 0 N–H and O–H groups in total. The molecule has 2 heterocycles. The molecule has 0 aliphatic carbocycles. The zero-order chi connectivity index (χ0) is 35.6. The van der Waals surface area contributed by atoms with Gasteiger partial charge in [-0.15, -0.1) is 0 Å². The van der Waals surface area contributed by atoms with Crippen LogP contribution in [0.1, 0.15) is 42.4 Å². The van der Waals surface area contributed by atoms with E-state index in [-0.39, 0.29) is 0 Å². The number of rotatable bonds is 2. The maximum Gasteiger partial charge on any atom is 0.160 e. The number of benzene rings is 7. The average Bonchev–Trinajstić information content (AvgIpc) is 3.22. The van der Waals surface area contributed by atoms with E-state index in [9.17, 15) is 0 Å². The van der Waals surface area contributed by atoms with Crippen molar-refractivity contribution < 1.29 is 0 Å². The van der Waals surface area contributed by atoms with Crippen LogP contribution in [0.25, 0.3) is 78.1 Å². The van der Waals surface area contributed by atoms with Crippen molar-refractivity contribution in [1.29, 1.82) is 0 Å². The molecular weight excluding hydrogens is 641 g/mol. The van der Waals surface area contributed by atoms with Crippen LogP contribution < -0.4 is 0 Å². The Hall–Kier alpha value is -6.12. The third kappa shape index (κ3) is 6.69. The van der Waals surface area contributed by atoms with Crippen molar-refractivity contribution in [3.05, 3.63) is 180 Å². The molecule has 53 heavy (non-hydrogen) atoms. The quantitative estimate of drug-likeness (QED) is 0.181. The highest BCUT2D eigenvalue weighted by Crippen LogP contribution is 2.43. The second kappa shape index (κ2) is 14.5. The fraction of sp³-hybridized carbons (Fsp3) is 0.137. The molecule has 0 spiro atoms. The van der Waals surface area contributed by atoms with Crippen LogP contribution in [0.5, 0.6) is 0 Å². The van der Waals surface area contributed by atoms with E-state index in [1.807, 2.05) is 0 Å². The Bertz CT molecular complexity index is 2570. The minimum atomic E-state index is 0.729. The number of fused-ring (bicyclic) bond motifs is 15. The van der Waals surface area contributed by atoms with Crippen molar-refractivity contribution in [2.24, 2.45) is 0 Å². The van der Waals surface area contributed by atoms with Gasteiger partial charge in [0.1, 0.15) is 0 Å². The van der Waals surface area contributed by atoms with Gasteiger partial charge in [-0.05, 0) is 106 Å². The van der Waals surface area contributed by atoms with Crippen LogP contribution in [0, 0.1) is 6.92 Å². The Balaban J connectivity index is 1.37. The third-order valence-electron chi connectivity index (χ3n) is 10.8. The summed E-state index contributed by atoms with van der Waals surface area (Å²) in [4.78, 5) is 11.1. The monoisotopic (exact) mass is 682 g/mol. The summed E-state index contributed by atoms with van der Waals surface area (Å²) in [5.74, 6) is 0.729. The van der Waals surface area contributed by atoms with E-state index in [1.165, 1.54) is 70.2 Å². The van der Waals surface area contributed by atoms with Gasteiger partial charge in [-0.3, -0.25) is 0 Å². The van der Waals surface area contributed by atoms with Crippen molar-refractivity contribution in [1.82, 2.24) is 9.97 Å². The minimum absolute atomic E-state index is 0.729. The Labute approximate surface area is 312 Å². The fourth-order valence-electron chi connectivity index (χ4n) is 8.06. The normalized spacial score (nSPS) is 12.9. The molecule has 9 rings (SSSR count). The number of aromatic nitrogens is 2. The number of hydrogen-bond donors (Lipinski definition) is 0. The van der Waals surface area contributed by atoms with Crippen LogP contribution in [-0.2, 0) is 12.8 Å². The molecule has 0 saturated heterocycles. The highest BCUT2D eigenvalue weighted by atomic mass is 14.9. The Morgan fingerprint density at radius 3 is 1.72 bits per heavy atom. The molecule has 0 atom stereocenters. The van der Waals surface area contributed by atoms with E-state index in [2.05, 4.69) is 171 Å². The molecule has 0 saturated carbocycles. The van der Waals surface area contributed by atoms with Crippen LogP contribution in [0.4, 0.5) is 0 Å². The SMILES string of the molecule is Cc1cccc2c1-c1nc(nc3c(-c4ccccc4)cc(-c4ccccc4)cc13)-c1cccc(c1)-c1cccc(c1)CCCCCCc1cccc-2c1. The van der Waals surface area contributed by atoms with Gasteiger partial charge in [0.25, 0.3) is 0 Å². The summed E-state index contributed by atoms with van der Waals surface area (Å²) in [5, 5.41) is 1.05. The van der Waals surface area contributed by atoms with Crippen LogP contribution >= 0.6 is 0 Å². The largest absolute Gasteiger partial charge is 0.227 e. The maximum atomic E-state index is 5.60. The number of aryl methyl sites for hydroxylation is 3.